The van der Waals surface area contributed by atoms with Crippen LogP contribution < -0.4 is 10.5 Å². The van der Waals surface area contributed by atoms with Crippen LogP contribution in [0.1, 0.15) is 12.5 Å². The van der Waals surface area contributed by atoms with Gasteiger partial charge in [-0.1, -0.05) is 18.2 Å². The van der Waals surface area contributed by atoms with Gasteiger partial charge in [-0.15, -0.1) is 0 Å². The minimum absolute atomic E-state index is 0.298. The molecule has 1 aromatic rings. The van der Waals surface area contributed by atoms with Gasteiger partial charge in [-0.3, -0.25) is 0 Å². The van der Waals surface area contributed by atoms with Gasteiger partial charge in [0.1, 0.15) is 5.75 Å². The predicted octanol–water partition coefficient (Wildman–Crippen LogP) is 1.60. The Morgan fingerprint density at radius 1 is 1.50 bits per heavy atom. The molecule has 1 aliphatic heterocycles. The molecule has 88 valence electrons. The van der Waals surface area contributed by atoms with E-state index in [2.05, 4.69) is 13.0 Å². The van der Waals surface area contributed by atoms with E-state index in [1.165, 1.54) is 5.56 Å². The molecule has 0 saturated heterocycles. The second kappa shape index (κ2) is 4.44. The molecule has 2 atom stereocenters. The number of para-hydroxylation sites is 1. The lowest BCUT2D eigenvalue weighted by atomic mass is 9.83. The van der Waals surface area contributed by atoms with Crippen molar-refractivity contribution in [2.45, 2.75) is 18.9 Å². The van der Waals surface area contributed by atoms with Gasteiger partial charge >= 0.3 is 0 Å². The topological polar surface area (TPSA) is 44.5 Å². The lowest BCUT2D eigenvalue weighted by Crippen LogP contribution is -2.48. The van der Waals surface area contributed by atoms with Crippen molar-refractivity contribution in [2.75, 3.05) is 20.3 Å². The summed E-state index contributed by atoms with van der Waals surface area (Å²) < 4.78 is 11.3. The molecule has 3 nitrogen and oxygen atoms in total. The van der Waals surface area contributed by atoms with Crippen LogP contribution in [0.4, 0.5) is 0 Å². The molecule has 0 amide bonds. The van der Waals surface area contributed by atoms with Crippen molar-refractivity contribution in [3.05, 3.63) is 29.8 Å². The molecule has 0 bridgehead atoms. The van der Waals surface area contributed by atoms with Gasteiger partial charge in [-0.2, -0.15) is 0 Å². The van der Waals surface area contributed by atoms with Gasteiger partial charge in [0.2, 0.25) is 0 Å². The van der Waals surface area contributed by atoms with Gasteiger partial charge in [-0.05, 0) is 25.0 Å². The smallest absolute Gasteiger partial charge is 0.122 e. The molecule has 0 radical (unpaired) electrons. The van der Waals surface area contributed by atoms with Crippen LogP contribution in [-0.2, 0) is 11.2 Å². The lowest BCUT2D eigenvalue weighted by molar-refractivity contribution is -0.0540. The monoisotopic (exact) mass is 221 g/mol. The normalized spacial score (nSPS) is 23.1. The summed E-state index contributed by atoms with van der Waals surface area (Å²) in [7, 11) is 1.72. The second-order valence-electron chi connectivity index (χ2n) is 4.54. The number of methoxy groups -OCH3 is 1. The zero-order chi connectivity index (χ0) is 11.6. The number of hydrogen-bond donors (Lipinski definition) is 1. The Hall–Kier alpha value is -1.06. The first-order valence-corrected chi connectivity index (χ1v) is 5.65. The number of hydrogen-bond acceptors (Lipinski definition) is 3. The van der Waals surface area contributed by atoms with Crippen LogP contribution in [0.3, 0.4) is 0 Å². The highest BCUT2D eigenvalue weighted by Crippen LogP contribution is 2.33. The highest BCUT2D eigenvalue weighted by Gasteiger charge is 2.36. The Kier molecular flexibility index (Phi) is 3.17. The van der Waals surface area contributed by atoms with Crippen LogP contribution in [0.15, 0.2) is 24.3 Å². The van der Waals surface area contributed by atoms with E-state index in [0.29, 0.717) is 19.1 Å². The molecule has 0 aliphatic carbocycles. The maximum Gasteiger partial charge on any atom is 0.122 e. The van der Waals surface area contributed by atoms with Crippen molar-refractivity contribution >= 4 is 0 Å². The highest BCUT2D eigenvalue weighted by atomic mass is 16.5. The zero-order valence-electron chi connectivity index (χ0n) is 9.90. The van der Waals surface area contributed by atoms with E-state index < -0.39 is 0 Å². The number of fused-ring (bicyclic) bond motifs is 1. The van der Waals surface area contributed by atoms with Crippen molar-refractivity contribution < 1.29 is 9.47 Å². The summed E-state index contributed by atoms with van der Waals surface area (Å²) in [6, 6.07) is 8.15. The molecule has 2 N–H and O–H groups in total. The Morgan fingerprint density at radius 3 is 2.94 bits per heavy atom. The van der Waals surface area contributed by atoms with E-state index >= 15 is 0 Å². The van der Waals surface area contributed by atoms with Crippen molar-refractivity contribution in [1.82, 2.24) is 0 Å². The zero-order valence-corrected chi connectivity index (χ0v) is 9.90. The minimum atomic E-state index is -0.298. The molecule has 2 rings (SSSR count). The first kappa shape index (κ1) is 11.4. The highest BCUT2D eigenvalue weighted by molar-refractivity contribution is 5.35. The summed E-state index contributed by atoms with van der Waals surface area (Å²) in [6.45, 7) is 3.24. The Bertz CT molecular complexity index is 361. The second-order valence-corrected chi connectivity index (χ2v) is 4.54. The van der Waals surface area contributed by atoms with Crippen molar-refractivity contribution in [3.8, 4) is 5.75 Å². The summed E-state index contributed by atoms with van der Waals surface area (Å²) in [5.74, 6) is 1.31. The van der Waals surface area contributed by atoms with Crippen LogP contribution in [0.25, 0.3) is 0 Å². The summed E-state index contributed by atoms with van der Waals surface area (Å²) in [5.41, 5.74) is 6.74. The van der Waals surface area contributed by atoms with Crippen molar-refractivity contribution in [3.63, 3.8) is 0 Å². The third kappa shape index (κ3) is 1.93. The third-order valence-electron chi connectivity index (χ3n) is 3.61. The maximum absolute atomic E-state index is 5.79. The van der Waals surface area contributed by atoms with Gasteiger partial charge in [0.05, 0.1) is 12.2 Å². The largest absolute Gasteiger partial charge is 0.493 e. The average Bonchev–Trinajstić information content (AvgIpc) is 2.37. The summed E-state index contributed by atoms with van der Waals surface area (Å²) in [5, 5.41) is 0. The van der Waals surface area contributed by atoms with Gasteiger partial charge in [0.15, 0.2) is 0 Å². The van der Waals surface area contributed by atoms with E-state index in [0.717, 1.165) is 12.2 Å². The van der Waals surface area contributed by atoms with Gasteiger partial charge in [0.25, 0.3) is 0 Å². The number of benzene rings is 1. The quantitative estimate of drug-likeness (QED) is 0.843. The third-order valence-corrected chi connectivity index (χ3v) is 3.61. The van der Waals surface area contributed by atoms with Crippen LogP contribution in [0.5, 0.6) is 5.75 Å². The summed E-state index contributed by atoms with van der Waals surface area (Å²) in [6.07, 6.45) is 0.970. The Labute approximate surface area is 96.5 Å². The molecule has 3 heteroatoms. The minimum Gasteiger partial charge on any atom is -0.493 e. The van der Waals surface area contributed by atoms with E-state index in [4.69, 9.17) is 15.2 Å². The van der Waals surface area contributed by atoms with Crippen molar-refractivity contribution in [2.24, 2.45) is 11.7 Å². The predicted molar refractivity (Wildman–Crippen MR) is 63.6 cm³/mol. The molecule has 16 heavy (non-hydrogen) atoms. The first-order chi connectivity index (χ1) is 7.69. The molecule has 1 aromatic carbocycles. The Morgan fingerprint density at radius 2 is 2.25 bits per heavy atom. The van der Waals surface area contributed by atoms with Crippen LogP contribution in [0.2, 0.25) is 0 Å². The maximum atomic E-state index is 5.79. The molecule has 0 fully saturated rings. The molecule has 0 spiro atoms. The number of nitrogens with two attached hydrogens (primary N) is 1. The lowest BCUT2D eigenvalue weighted by Gasteiger charge is -2.38. The fourth-order valence-corrected chi connectivity index (χ4v) is 2.14. The van der Waals surface area contributed by atoms with Crippen LogP contribution >= 0.6 is 0 Å². The molecular weight excluding hydrogens is 202 g/mol. The van der Waals surface area contributed by atoms with Gasteiger partial charge < -0.3 is 15.2 Å². The molecule has 2 unspecified atom stereocenters. The molecule has 0 saturated carbocycles. The number of ether oxygens (including phenoxy) is 2. The Balaban J connectivity index is 2.19. The first-order valence-electron chi connectivity index (χ1n) is 5.65. The van der Waals surface area contributed by atoms with E-state index in [-0.39, 0.29) is 5.60 Å². The average molecular weight is 221 g/mol. The fourth-order valence-electron chi connectivity index (χ4n) is 2.14. The van der Waals surface area contributed by atoms with Crippen molar-refractivity contribution in [1.29, 1.82) is 0 Å². The molecule has 0 aromatic heterocycles. The molecule has 1 aliphatic rings. The van der Waals surface area contributed by atoms with Gasteiger partial charge in [-0.25, -0.2) is 0 Å². The van der Waals surface area contributed by atoms with E-state index in [9.17, 15) is 0 Å². The number of rotatable bonds is 3. The summed E-state index contributed by atoms with van der Waals surface area (Å²) >= 11 is 0. The fraction of sp³-hybridized carbons (Fsp3) is 0.538. The van der Waals surface area contributed by atoms with Crippen LogP contribution in [-0.4, -0.2) is 25.9 Å². The van der Waals surface area contributed by atoms with E-state index in [1.54, 1.807) is 7.11 Å². The standard InChI is InChI=1S/C13H19NO2/c1-13(9-14,15-2)11-7-10-5-3-4-6-12(10)16-8-11/h3-6,11H,7-9,14H2,1-2H3. The van der Waals surface area contributed by atoms with Gasteiger partial charge in [0, 0.05) is 19.6 Å². The van der Waals surface area contributed by atoms with E-state index in [1.807, 2.05) is 18.2 Å². The molecule has 1 heterocycles. The summed E-state index contributed by atoms with van der Waals surface area (Å²) in [4.78, 5) is 0. The molecular formula is C13H19NO2. The SMILES string of the molecule is COC(C)(CN)C1COc2ccccc2C1. The van der Waals surface area contributed by atoms with Crippen LogP contribution in [0, 0.1) is 5.92 Å².